The van der Waals surface area contributed by atoms with E-state index < -0.39 is 24.1 Å². The van der Waals surface area contributed by atoms with Gasteiger partial charge in [0.1, 0.15) is 6.04 Å². The Morgan fingerprint density at radius 3 is 1.62 bits per heavy atom. The van der Waals surface area contributed by atoms with Crippen LogP contribution in [-0.2, 0) is 14.3 Å². The Labute approximate surface area is 178 Å². The van der Waals surface area contributed by atoms with E-state index in [2.05, 4.69) is 6.92 Å². The first kappa shape index (κ1) is 27.9. The molecule has 172 valence electrons. The van der Waals surface area contributed by atoms with Crippen LogP contribution < -0.4 is 11.5 Å². The van der Waals surface area contributed by atoms with Crippen molar-refractivity contribution in [3.8, 4) is 0 Å². The molecule has 0 aliphatic carbocycles. The molecule has 0 spiro atoms. The minimum atomic E-state index is -1.10. The Hall–Kier alpha value is -1.14. The SMILES string of the molecule is CCCCCCCCCCCCCCCCC(OC(=O)C(N)CCCN)C(=O)O. The van der Waals surface area contributed by atoms with Gasteiger partial charge < -0.3 is 21.3 Å². The summed E-state index contributed by atoms with van der Waals surface area (Å²) in [7, 11) is 0. The number of hydrogen-bond acceptors (Lipinski definition) is 5. The lowest BCUT2D eigenvalue weighted by Gasteiger charge is -2.17. The van der Waals surface area contributed by atoms with Gasteiger partial charge in [-0.3, -0.25) is 4.79 Å². The number of hydrogen-bond donors (Lipinski definition) is 3. The molecular weight excluding hydrogens is 368 g/mol. The molecule has 0 saturated heterocycles. The van der Waals surface area contributed by atoms with Crippen LogP contribution in [0, 0.1) is 0 Å². The first-order valence-electron chi connectivity index (χ1n) is 11.9. The van der Waals surface area contributed by atoms with Crippen LogP contribution in [0.5, 0.6) is 0 Å². The van der Waals surface area contributed by atoms with E-state index in [-0.39, 0.29) is 0 Å². The molecule has 5 N–H and O–H groups in total. The highest BCUT2D eigenvalue weighted by Gasteiger charge is 2.24. The molecule has 6 heteroatoms. The third-order valence-electron chi connectivity index (χ3n) is 5.38. The van der Waals surface area contributed by atoms with E-state index in [1.54, 1.807) is 0 Å². The molecule has 0 aromatic rings. The van der Waals surface area contributed by atoms with Crippen molar-refractivity contribution in [2.45, 2.75) is 128 Å². The average Bonchev–Trinajstić information content (AvgIpc) is 2.70. The van der Waals surface area contributed by atoms with E-state index >= 15 is 0 Å². The minimum absolute atomic E-state index is 0.350. The Bertz CT molecular complexity index is 404. The van der Waals surface area contributed by atoms with Gasteiger partial charge in [-0.25, -0.2) is 4.79 Å². The number of rotatable bonds is 21. The quantitative estimate of drug-likeness (QED) is 0.181. The molecule has 0 fully saturated rings. The summed E-state index contributed by atoms with van der Waals surface area (Å²) in [4.78, 5) is 23.2. The van der Waals surface area contributed by atoms with E-state index in [0.717, 1.165) is 19.3 Å². The first-order chi connectivity index (χ1) is 14.0. The van der Waals surface area contributed by atoms with Crippen LogP contribution in [0.4, 0.5) is 0 Å². The van der Waals surface area contributed by atoms with Crippen molar-refractivity contribution in [1.82, 2.24) is 0 Å². The number of carboxylic acid groups (broad SMARTS) is 1. The maximum atomic E-state index is 11.9. The molecule has 0 aromatic carbocycles. The van der Waals surface area contributed by atoms with Crippen molar-refractivity contribution in [2.75, 3.05) is 6.54 Å². The molecule has 0 aromatic heterocycles. The summed E-state index contributed by atoms with van der Waals surface area (Å²) in [6.45, 7) is 2.70. The van der Waals surface area contributed by atoms with Crippen LogP contribution >= 0.6 is 0 Å². The van der Waals surface area contributed by atoms with Crippen molar-refractivity contribution < 1.29 is 19.4 Å². The number of aliphatic carboxylic acids is 1. The van der Waals surface area contributed by atoms with Crippen molar-refractivity contribution >= 4 is 11.9 Å². The summed E-state index contributed by atoms with van der Waals surface area (Å²) >= 11 is 0. The van der Waals surface area contributed by atoms with E-state index in [1.807, 2.05) is 0 Å². The molecular formula is C23H46N2O4. The van der Waals surface area contributed by atoms with Crippen molar-refractivity contribution in [3.05, 3.63) is 0 Å². The Morgan fingerprint density at radius 1 is 0.759 bits per heavy atom. The molecule has 0 heterocycles. The molecule has 0 saturated carbocycles. The lowest BCUT2D eigenvalue weighted by molar-refractivity contribution is -0.165. The summed E-state index contributed by atoms with van der Waals surface area (Å²) in [6, 6.07) is -0.795. The van der Waals surface area contributed by atoms with Gasteiger partial charge in [-0.15, -0.1) is 0 Å². The number of esters is 1. The van der Waals surface area contributed by atoms with Crippen LogP contribution in [0.15, 0.2) is 0 Å². The zero-order valence-electron chi connectivity index (χ0n) is 18.7. The van der Waals surface area contributed by atoms with Gasteiger partial charge >= 0.3 is 11.9 Å². The van der Waals surface area contributed by atoms with Gasteiger partial charge in [0.15, 0.2) is 6.10 Å². The molecule has 0 aliphatic heterocycles. The van der Waals surface area contributed by atoms with E-state index in [9.17, 15) is 14.7 Å². The van der Waals surface area contributed by atoms with Crippen molar-refractivity contribution in [3.63, 3.8) is 0 Å². The van der Waals surface area contributed by atoms with Gasteiger partial charge in [0.25, 0.3) is 0 Å². The normalized spacial score (nSPS) is 13.2. The molecule has 6 nitrogen and oxygen atoms in total. The van der Waals surface area contributed by atoms with E-state index in [4.69, 9.17) is 16.2 Å². The largest absolute Gasteiger partial charge is 0.479 e. The van der Waals surface area contributed by atoms with Gasteiger partial charge in [0.05, 0.1) is 0 Å². The predicted octanol–water partition coefficient (Wildman–Crippen LogP) is 4.92. The number of carbonyl (C=O) groups is 2. The number of carbonyl (C=O) groups excluding carboxylic acids is 1. The van der Waals surface area contributed by atoms with Crippen molar-refractivity contribution in [1.29, 1.82) is 0 Å². The lowest BCUT2D eigenvalue weighted by atomic mass is 10.0. The number of nitrogens with two attached hydrogens (primary N) is 2. The molecule has 0 bridgehead atoms. The molecule has 0 aliphatic rings. The predicted molar refractivity (Wildman–Crippen MR) is 119 cm³/mol. The zero-order chi connectivity index (χ0) is 21.7. The number of ether oxygens (including phenoxy) is 1. The summed E-state index contributed by atoms with van der Waals surface area (Å²) in [5.74, 6) is -1.74. The summed E-state index contributed by atoms with van der Waals surface area (Å²) in [5, 5.41) is 9.25. The second-order valence-electron chi connectivity index (χ2n) is 8.19. The maximum absolute atomic E-state index is 11.9. The third-order valence-corrected chi connectivity index (χ3v) is 5.38. The Morgan fingerprint density at radius 2 is 1.21 bits per heavy atom. The first-order valence-corrected chi connectivity index (χ1v) is 11.9. The van der Waals surface area contributed by atoms with Crippen LogP contribution in [0.1, 0.15) is 116 Å². The van der Waals surface area contributed by atoms with Gasteiger partial charge in [-0.1, -0.05) is 90.4 Å². The highest BCUT2D eigenvalue weighted by atomic mass is 16.6. The maximum Gasteiger partial charge on any atom is 0.345 e. The Kier molecular flexibility index (Phi) is 19.4. The smallest absolute Gasteiger partial charge is 0.345 e. The molecule has 0 radical (unpaired) electrons. The van der Waals surface area contributed by atoms with E-state index in [1.165, 1.54) is 70.6 Å². The topological polar surface area (TPSA) is 116 Å². The fourth-order valence-electron chi connectivity index (χ4n) is 3.44. The van der Waals surface area contributed by atoms with Crippen LogP contribution in [-0.4, -0.2) is 35.7 Å². The molecule has 2 atom stereocenters. The molecule has 29 heavy (non-hydrogen) atoms. The summed E-state index contributed by atoms with van der Waals surface area (Å²) < 4.78 is 5.08. The van der Waals surface area contributed by atoms with Crippen molar-refractivity contribution in [2.24, 2.45) is 11.5 Å². The monoisotopic (exact) mass is 414 g/mol. The van der Waals surface area contributed by atoms with Gasteiger partial charge in [0.2, 0.25) is 0 Å². The van der Waals surface area contributed by atoms with Crippen LogP contribution in [0.2, 0.25) is 0 Å². The van der Waals surface area contributed by atoms with Gasteiger partial charge in [0, 0.05) is 0 Å². The second kappa shape index (κ2) is 20.1. The summed E-state index contributed by atoms with van der Waals surface area (Å²) in [5.41, 5.74) is 11.1. The number of unbranched alkanes of at least 4 members (excludes halogenated alkanes) is 13. The average molecular weight is 415 g/mol. The Balaban J connectivity index is 3.63. The van der Waals surface area contributed by atoms with Gasteiger partial charge in [-0.2, -0.15) is 0 Å². The zero-order valence-corrected chi connectivity index (χ0v) is 18.7. The second-order valence-corrected chi connectivity index (χ2v) is 8.19. The van der Waals surface area contributed by atoms with Crippen LogP contribution in [0.25, 0.3) is 0 Å². The lowest BCUT2D eigenvalue weighted by Crippen LogP contribution is -2.37. The molecule has 0 rings (SSSR count). The minimum Gasteiger partial charge on any atom is -0.479 e. The molecule has 0 amide bonds. The number of carboxylic acids is 1. The third kappa shape index (κ3) is 17.4. The highest BCUT2D eigenvalue weighted by Crippen LogP contribution is 2.15. The van der Waals surface area contributed by atoms with E-state index in [0.29, 0.717) is 25.8 Å². The highest BCUT2D eigenvalue weighted by molar-refractivity contribution is 5.80. The summed E-state index contributed by atoms with van der Waals surface area (Å²) in [6.07, 6.45) is 17.8. The van der Waals surface area contributed by atoms with Gasteiger partial charge in [-0.05, 0) is 32.2 Å². The standard InChI is InChI=1S/C23H46N2O4/c1-2-3-4-5-6-7-8-9-10-11-12-13-14-15-18-21(22(26)27)29-23(28)20(25)17-16-19-24/h20-21H,2-19,24-25H2,1H3,(H,26,27). The fraction of sp³-hybridized carbons (Fsp3) is 0.913. The van der Waals surface area contributed by atoms with Crippen LogP contribution in [0.3, 0.4) is 0 Å². The fourth-order valence-corrected chi connectivity index (χ4v) is 3.44. The molecule has 2 unspecified atom stereocenters.